The number of phenolic OH excluding ortho intramolecular Hbond substituents is 2. The number of aromatic hydroxyl groups is 2. The van der Waals surface area contributed by atoms with Gasteiger partial charge >= 0.3 is 6.03 Å². The van der Waals surface area contributed by atoms with Gasteiger partial charge in [0.2, 0.25) is 5.91 Å². The lowest BCUT2D eigenvalue weighted by Crippen LogP contribution is -2.45. The molecule has 3 aromatic carbocycles. The second kappa shape index (κ2) is 12.0. The molecule has 4 rings (SSSR count). The van der Waals surface area contributed by atoms with E-state index in [1.807, 2.05) is 25.9 Å². The number of nitrogens with one attached hydrogen (secondary N) is 4. The van der Waals surface area contributed by atoms with E-state index in [4.69, 9.17) is 16.9 Å². The Morgan fingerprint density at radius 2 is 1.72 bits per heavy atom. The van der Waals surface area contributed by atoms with Crippen LogP contribution in [0.1, 0.15) is 37.5 Å². The molecule has 0 radical (unpaired) electrons. The number of amides is 3. The molecule has 0 spiro atoms. The number of primary amides is 1. The zero-order valence-corrected chi connectivity index (χ0v) is 24.9. The van der Waals surface area contributed by atoms with E-state index in [1.54, 1.807) is 56.3 Å². The molecule has 3 amide bonds. The molecule has 12 heteroatoms. The number of carbonyl (C=O) groups excluding carboxylic acids is 2. The quantitative estimate of drug-likeness (QED) is 0.103. The van der Waals surface area contributed by atoms with Crippen LogP contribution in [0.25, 0.3) is 33.5 Å². The van der Waals surface area contributed by atoms with Gasteiger partial charge in [0.25, 0.3) is 0 Å². The Morgan fingerprint density at radius 1 is 1.02 bits per heavy atom. The summed E-state index contributed by atoms with van der Waals surface area (Å²) in [6.45, 7) is 6.12. The summed E-state index contributed by atoms with van der Waals surface area (Å²) in [7, 11) is 3.87. The number of fused-ring (bicyclic) bond motifs is 1. The molecule has 0 saturated heterocycles. The van der Waals surface area contributed by atoms with Crippen LogP contribution >= 0.6 is 0 Å². The van der Waals surface area contributed by atoms with Crippen LogP contribution in [0.3, 0.4) is 0 Å². The average Bonchev–Trinajstić information content (AvgIpc) is 3.38. The van der Waals surface area contributed by atoms with Gasteiger partial charge in [-0.2, -0.15) is 0 Å². The highest BCUT2D eigenvalue weighted by Crippen LogP contribution is 2.44. The number of phenols is 2. The molecule has 10 N–H and O–H groups in total. The number of rotatable bonds is 10. The third-order valence-corrected chi connectivity index (χ3v) is 7.71. The summed E-state index contributed by atoms with van der Waals surface area (Å²) in [4.78, 5) is 34.7. The molecule has 0 aliphatic heterocycles. The molecule has 43 heavy (non-hydrogen) atoms. The van der Waals surface area contributed by atoms with Gasteiger partial charge in [0.15, 0.2) is 0 Å². The van der Waals surface area contributed by atoms with Crippen molar-refractivity contribution in [2.24, 2.45) is 11.5 Å². The highest BCUT2D eigenvalue weighted by Gasteiger charge is 2.33. The van der Waals surface area contributed by atoms with Crippen LogP contribution in [-0.4, -0.2) is 69.5 Å². The predicted molar refractivity (Wildman–Crippen MR) is 167 cm³/mol. The number of aromatic nitrogens is 2. The first-order chi connectivity index (χ1) is 20.2. The lowest BCUT2D eigenvalue weighted by atomic mass is 9.80. The molecule has 0 aliphatic rings. The Labute approximate surface area is 249 Å². The fourth-order valence-electron chi connectivity index (χ4n) is 4.56. The number of benzene rings is 3. The number of nitrogens with two attached hydrogens (primary N) is 2. The minimum absolute atomic E-state index is 0.101. The van der Waals surface area contributed by atoms with Crippen molar-refractivity contribution in [1.82, 2.24) is 25.5 Å². The monoisotopic (exact) mass is 586 g/mol. The Hall–Kier alpha value is -5.10. The number of hydrogen-bond acceptors (Lipinski definition) is 7. The normalized spacial score (nSPS) is 12.3. The van der Waals surface area contributed by atoms with E-state index in [9.17, 15) is 19.8 Å². The highest BCUT2D eigenvalue weighted by atomic mass is 16.3. The lowest BCUT2D eigenvalue weighted by Gasteiger charge is -2.28. The van der Waals surface area contributed by atoms with E-state index in [0.29, 0.717) is 45.7 Å². The van der Waals surface area contributed by atoms with E-state index in [0.717, 1.165) is 0 Å². The SMILES string of the molecule is CC(CNC(=O)C(C)(C)c1cc(-c2nc3cc(C(=N)N)ccc3[nH]2)c(O)c(-c2cc(CNC(N)=O)ccc2O)c1)N(C)C. The van der Waals surface area contributed by atoms with Crippen molar-refractivity contribution < 1.29 is 19.8 Å². The summed E-state index contributed by atoms with van der Waals surface area (Å²) in [5.74, 6) is -0.291. The van der Waals surface area contributed by atoms with E-state index >= 15 is 0 Å². The van der Waals surface area contributed by atoms with Crippen molar-refractivity contribution >= 4 is 28.8 Å². The Bertz CT molecular complexity index is 1710. The third kappa shape index (κ3) is 6.54. The van der Waals surface area contributed by atoms with Crippen LogP contribution in [0, 0.1) is 5.41 Å². The highest BCUT2D eigenvalue weighted by molar-refractivity contribution is 5.98. The largest absolute Gasteiger partial charge is 0.507 e. The maximum absolute atomic E-state index is 13.5. The Morgan fingerprint density at radius 3 is 2.37 bits per heavy atom. The predicted octanol–water partition coefficient (Wildman–Crippen LogP) is 3.10. The van der Waals surface area contributed by atoms with Crippen molar-refractivity contribution in [2.45, 2.75) is 38.8 Å². The van der Waals surface area contributed by atoms with Gasteiger partial charge in [-0.3, -0.25) is 10.2 Å². The van der Waals surface area contributed by atoms with Crippen LogP contribution in [-0.2, 0) is 16.8 Å². The van der Waals surface area contributed by atoms with Gasteiger partial charge in [-0.15, -0.1) is 0 Å². The molecule has 0 fully saturated rings. The number of carbonyl (C=O) groups is 2. The van der Waals surface area contributed by atoms with Crippen LogP contribution in [0.2, 0.25) is 0 Å². The second-order valence-electron chi connectivity index (χ2n) is 11.4. The van der Waals surface area contributed by atoms with Crippen molar-refractivity contribution in [3.05, 3.63) is 65.2 Å². The molecule has 12 nitrogen and oxygen atoms in total. The molecular weight excluding hydrogens is 548 g/mol. The van der Waals surface area contributed by atoms with E-state index in [-0.39, 0.29) is 47.0 Å². The first kappa shape index (κ1) is 30.8. The molecule has 4 aromatic rings. The number of H-pyrrole nitrogens is 1. The summed E-state index contributed by atoms with van der Waals surface area (Å²) in [5.41, 5.74) is 13.6. The molecule has 0 aliphatic carbocycles. The summed E-state index contributed by atoms with van der Waals surface area (Å²) in [6.07, 6.45) is 0. The first-order valence-corrected chi connectivity index (χ1v) is 13.7. The number of amidine groups is 1. The fourth-order valence-corrected chi connectivity index (χ4v) is 4.56. The van der Waals surface area contributed by atoms with Gasteiger partial charge in [0, 0.05) is 35.8 Å². The van der Waals surface area contributed by atoms with E-state index in [2.05, 4.69) is 20.6 Å². The van der Waals surface area contributed by atoms with Gasteiger partial charge in [-0.05, 0) is 88.5 Å². The Balaban J connectivity index is 1.89. The van der Waals surface area contributed by atoms with Crippen LogP contribution in [0.15, 0.2) is 48.5 Å². The van der Waals surface area contributed by atoms with Gasteiger partial charge in [0.1, 0.15) is 23.2 Å². The second-order valence-corrected chi connectivity index (χ2v) is 11.4. The molecule has 1 unspecified atom stereocenters. The van der Waals surface area contributed by atoms with E-state index in [1.165, 1.54) is 6.07 Å². The average molecular weight is 587 g/mol. The number of nitrogens with zero attached hydrogens (tertiary/aromatic N) is 2. The van der Waals surface area contributed by atoms with Gasteiger partial charge < -0.3 is 42.2 Å². The van der Waals surface area contributed by atoms with Crippen molar-refractivity contribution in [1.29, 1.82) is 5.41 Å². The standard InChI is InChI=1S/C31H38N8O4/c1-16(39(4)5)14-35-29(42)31(2,3)19-12-21(20-10-17(6-9-25(20)40)15-36-30(34)43)26(41)22(13-19)28-37-23-8-7-18(27(32)33)11-24(23)38-28/h6-13,16,40-41H,14-15H2,1-5H3,(H3,32,33)(H,35,42)(H,37,38)(H3,34,36,43). The third-order valence-electron chi connectivity index (χ3n) is 7.71. The van der Waals surface area contributed by atoms with Gasteiger partial charge in [-0.25, -0.2) is 9.78 Å². The number of urea groups is 1. The lowest BCUT2D eigenvalue weighted by molar-refractivity contribution is -0.125. The molecule has 226 valence electrons. The number of nitrogen functional groups attached to an aromatic ring is 1. The number of imidazole rings is 1. The minimum atomic E-state index is -1.06. The summed E-state index contributed by atoms with van der Waals surface area (Å²) < 4.78 is 0. The molecule has 0 bridgehead atoms. The van der Waals surface area contributed by atoms with Gasteiger partial charge in [-0.1, -0.05) is 6.07 Å². The fraction of sp³-hybridized carbons (Fsp3) is 0.290. The molecule has 1 heterocycles. The number of aromatic amines is 1. The zero-order valence-electron chi connectivity index (χ0n) is 24.9. The maximum Gasteiger partial charge on any atom is 0.312 e. The maximum atomic E-state index is 13.5. The van der Waals surface area contributed by atoms with Crippen molar-refractivity contribution in [3.63, 3.8) is 0 Å². The smallest absolute Gasteiger partial charge is 0.312 e. The summed E-state index contributed by atoms with van der Waals surface area (Å²) in [6, 6.07) is 12.6. The molecule has 1 aromatic heterocycles. The van der Waals surface area contributed by atoms with Crippen LogP contribution in [0.5, 0.6) is 11.5 Å². The number of likely N-dealkylation sites (N-methyl/N-ethyl adjacent to an activating group) is 1. The van der Waals surface area contributed by atoms with Gasteiger partial charge in [0.05, 0.1) is 22.0 Å². The summed E-state index contributed by atoms with van der Waals surface area (Å²) >= 11 is 0. The molecular formula is C31H38N8O4. The van der Waals surface area contributed by atoms with Crippen molar-refractivity contribution in [2.75, 3.05) is 20.6 Å². The van der Waals surface area contributed by atoms with Crippen LogP contribution < -0.4 is 22.1 Å². The molecule has 1 atom stereocenters. The molecule has 0 saturated carbocycles. The zero-order chi connectivity index (χ0) is 31.6. The number of hydrogen-bond donors (Lipinski definition) is 8. The van der Waals surface area contributed by atoms with E-state index < -0.39 is 11.4 Å². The van der Waals surface area contributed by atoms with Crippen LogP contribution in [0.4, 0.5) is 4.79 Å². The minimum Gasteiger partial charge on any atom is -0.507 e. The summed E-state index contributed by atoms with van der Waals surface area (Å²) in [5, 5.41) is 35.8. The first-order valence-electron chi connectivity index (χ1n) is 13.7. The topological polar surface area (TPSA) is 206 Å². The Kier molecular flexibility index (Phi) is 8.62. The van der Waals surface area contributed by atoms with Crippen molar-refractivity contribution in [3.8, 4) is 34.0 Å².